The molecule has 1 unspecified atom stereocenters. The fraction of sp³-hybridized carbons (Fsp3) is 0.462. The highest BCUT2D eigenvalue weighted by Gasteiger charge is 2.19. The number of hydrogen-bond acceptors (Lipinski definition) is 3. The highest BCUT2D eigenvalue weighted by molar-refractivity contribution is 9.10. The minimum Gasteiger partial charge on any atom is -0.466 e. The molecule has 0 saturated heterocycles. The molecule has 0 aliphatic rings. The Morgan fingerprint density at radius 1 is 1.50 bits per heavy atom. The van der Waals surface area contributed by atoms with E-state index in [0.717, 1.165) is 10.0 Å². The van der Waals surface area contributed by atoms with Gasteiger partial charge in [-0.05, 0) is 54.6 Å². The van der Waals surface area contributed by atoms with E-state index in [1.54, 1.807) is 6.92 Å². The topological polar surface area (TPSA) is 29.5 Å². The zero-order valence-electron chi connectivity index (χ0n) is 10.7. The maximum absolute atomic E-state index is 11.6. The number of halogens is 2. The monoisotopic (exact) mass is 333 g/mol. The van der Waals surface area contributed by atoms with Crippen LogP contribution < -0.4 is 0 Å². The van der Waals surface area contributed by atoms with Crippen LogP contribution in [0.25, 0.3) is 0 Å². The van der Waals surface area contributed by atoms with Crippen LogP contribution in [0.2, 0.25) is 5.02 Å². The average Bonchev–Trinajstić information content (AvgIpc) is 2.30. The number of carbonyl (C=O) groups is 1. The van der Waals surface area contributed by atoms with E-state index < -0.39 is 0 Å². The molecule has 0 spiro atoms. The maximum atomic E-state index is 11.6. The largest absolute Gasteiger partial charge is 0.466 e. The van der Waals surface area contributed by atoms with Crippen molar-refractivity contribution in [1.82, 2.24) is 4.90 Å². The van der Waals surface area contributed by atoms with Gasteiger partial charge in [-0.1, -0.05) is 17.7 Å². The van der Waals surface area contributed by atoms with Crippen LogP contribution in [0.1, 0.15) is 24.9 Å². The van der Waals surface area contributed by atoms with Crippen LogP contribution in [0.4, 0.5) is 0 Å². The smallest absolute Gasteiger partial charge is 0.307 e. The second-order valence-electron chi connectivity index (χ2n) is 4.16. The third kappa shape index (κ3) is 4.26. The predicted octanol–water partition coefficient (Wildman–Crippen LogP) is 3.66. The molecule has 5 heteroatoms. The summed E-state index contributed by atoms with van der Waals surface area (Å²) in [6.07, 6.45) is 0.328. The Hall–Kier alpha value is -0.580. The molecule has 0 amide bonds. The fourth-order valence-electron chi connectivity index (χ4n) is 1.70. The summed E-state index contributed by atoms with van der Waals surface area (Å²) in [6.45, 7) is 2.21. The molecule has 18 heavy (non-hydrogen) atoms. The maximum Gasteiger partial charge on any atom is 0.307 e. The Bertz CT molecular complexity index is 423. The van der Waals surface area contributed by atoms with Crippen molar-refractivity contribution in [1.29, 1.82) is 0 Å². The molecule has 0 aliphatic heterocycles. The number of benzene rings is 1. The second kappa shape index (κ2) is 7.12. The van der Waals surface area contributed by atoms with Crippen molar-refractivity contribution < 1.29 is 9.53 Å². The van der Waals surface area contributed by atoms with Crippen molar-refractivity contribution in [3.8, 4) is 0 Å². The van der Waals surface area contributed by atoms with E-state index in [1.807, 2.05) is 37.2 Å². The zero-order valence-corrected chi connectivity index (χ0v) is 13.1. The van der Waals surface area contributed by atoms with Gasteiger partial charge in [0.1, 0.15) is 0 Å². The summed E-state index contributed by atoms with van der Waals surface area (Å²) in [5.41, 5.74) is 1.03. The summed E-state index contributed by atoms with van der Waals surface area (Å²) in [7, 11) is 3.87. The highest BCUT2D eigenvalue weighted by atomic mass is 79.9. The van der Waals surface area contributed by atoms with Crippen LogP contribution in [-0.4, -0.2) is 31.6 Å². The van der Waals surface area contributed by atoms with Gasteiger partial charge in [0.05, 0.1) is 18.1 Å². The third-order valence-electron chi connectivity index (χ3n) is 2.62. The third-order valence-corrected chi connectivity index (χ3v) is 3.83. The first kappa shape index (κ1) is 15.5. The number of nitrogens with zero attached hydrogens (tertiary/aromatic N) is 1. The van der Waals surface area contributed by atoms with Gasteiger partial charge in [-0.2, -0.15) is 0 Å². The molecule has 1 aromatic carbocycles. The summed E-state index contributed by atoms with van der Waals surface area (Å²) < 4.78 is 5.83. The van der Waals surface area contributed by atoms with Crippen molar-refractivity contribution in [2.45, 2.75) is 19.4 Å². The van der Waals surface area contributed by atoms with Gasteiger partial charge in [0.2, 0.25) is 0 Å². The second-order valence-corrected chi connectivity index (χ2v) is 5.42. The van der Waals surface area contributed by atoms with Gasteiger partial charge in [-0.3, -0.25) is 4.79 Å². The molecule has 0 bridgehead atoms. The van der Waals surface area contributed by atoms with E-state index in [4.69, 9.17) is 16.3 Å². The Morgan fingerprint density at radius 3 is 2.67 bits per heavy atom. The molecule has 3 nitrogen and oxygen atoms in total. The van der Waals surface area contributed by atoms with Gasteiger partial charge in [0.15, 0.2) is 0 Å². The Balaban J connectivity index is 2.90. The summed E-state index contributed by atoms with van der Waals surface area (Å²) >= 11 is 9.36. The number of carbonyl (C=O) groups excluding carboxylic acids is 1. The van der Waals surface area contributed by atoms with E-state index in [1.165, 1.54) is 0 Å². The molecular formula is C13H17BrClNO2. The van der Waals surface area contributed by atoms with Crippen molar-refractivity contribution >= 4 is 33.5 Å². The molecule has 1 rings (SSSR count). The molecule has 0 aromatic heterocycles. The molecule has 0 saturated carbocycles. The van der Waals surface area contributed by atoms with Crippen molar-refractivity contribution in [3.63, 3.8) is 0 Å². The van der Waals surface area contributed by atoms with E-state index in [2.05, 4.69) is 15.9 Å². The quantitative estimate of drug-likeness (QED) is 0.770. The molecule has 0 heterocycles. The van der Waals surface area contributed by atoms with E-state index in [-0.39, 0.29) is 12.0 Å². The average molecular weight is 335 g/mol. The van der Waals surface area contributed by atoms with Crippen LogP contribution in [-0.2, 0) is 9.53 Å². The van der Waals surface area contributed by atoms with Gasteiger partial charge in [0.25, 0.3) is 0 Å². The number of hydrogen-bond donors (Lipinski definition) is 0. The fourth-order valence-corrected chi connectivity index (χ4v) is 2.21. The predicted molar refractivity (Wildman–Crippen MR) is 76.8 cm³/mol. The van der Waals surface area contributed by atoms with Crippen molar-refractivity contribution in [2.24, 2.45) is 0 Å². The first-order valence-corrected chi connectivity index (χ1v) is 6.89. The summed E-state index contributed by atoms with van der Waals surface area (Å²) in [5.74, 6) is -0.192. The molecule has 0 fully saturated rings. The van der Waals surface area contributed by atoms with Gasteiger partial charge >= 0.3 is 5.97 Å². The molecule has 0 radical (unpaired) electrons. The zero-order chi connectivity index (χ0) is 13.7. The molecule has 100 valence electrons. The van der Waals surface area contributed by atoms with Gasteiger partial charge in [-0.25, -0.2) is 0 Å². The first-order valence-electron chi connectivity index (χ1n) is 5.72. The minimum atomic E-state index is -0.192. The standard InChI is InChI=1S/C13H17BrClNO2/c1-4-18-13(17)8-12(16(2)3)9-5-6-11(15)10(14)7-9/h5-7,12H,4,8H2,1-3H3. The lowest BCUT2D eigenvalue weighted by atomic mass is 10.0. The minimum absolute atomic E-state index is 0.0161. The molecule has 1 atom stereocenters. The lowest BCUT2D eigenvalue weighted by molar-refractivity contribution is -0.144. The SMILES string of the molecule is CCOC(=O)CC(c1ccc(Cl)c(Br)c1)N(C)C. The van der Waals surface area contributed by atoms with Crippen molar-refractivity contribution in [3.05, 3.63) is 33.3 Å². The molecule has 0 aliphatic carbocycles. The van der Waals surface area contributed by atoms with Crippen LogP contribution >= 0.6 is 27.5 Å². The number of ether oxygens (including phenoxy) is 1. The normalized spacial score (nSPS) is 12.6. The molecule has 1 aromatic rings. The lowest BCUT2D eigenvalue weighted by Crippen LogP contribution is -2.23. The summed E-state index contributed by atoms with van der Waals surface area (Å²) in [6, 6.07) is 5.67. The number of esters is 1. The molecule has 0 N–H and O–H groups in total. The number of rotatable bonds is 5. The lowest BCUT2D eigenvalue weighted by Gasteiger charge is -2.24. The Kier molecular flexibility index (Phi) is 6.12. The van der Waals surface area contributed by atoms with E-state index >= 15 is 0 Å². The van der Waals surface area contributed by atoms with Gasteiger partial charge in [0, 0.05) is 10.5 Å². The highest BCUT2D eigenvalue weighted by Crippen LogP contribution is 2.29. The Morgan fingerprint density at radius 2 is 2.17 bits per heavy atom. The summed E-state index contributed by atoms with van der Waals surface area (Å²) in [4.78, 5) is 13.6. The van der Waals surface area contributed by atoms with Crippen LogP contribution in [0.5, 0.6) is 0 Å². The first-order chi connectivity index (χ1) is 8.45. The van der Waals surface area contributed by atoms with Crippen LogP contribution in [0.3, 0.4) is 0 Å². The Labute approximate surface area is 121 Å². The van der Waals surface area contributed by atoms with Gasteiger partial charge in [-0.15, -0.1) is 0 Å². The van der Waals surface area contributed by atoms with Crippen LogP contribution in [0.15, 0.2) is 22.7 Å². The van der Waals surface area contributed by atoms with Crippen LogP contribution in [0, 0.1) is 0 Å². The van der Waals surface area contributed by atoms with Gasteiger partial charge < -0.3 is 9.64 Å². The van der Waals surface area contributed by atoms with E-state index in [0.29, 0.717) is 18.1 Å². The van der Waals surface area contributed by atoms with E-state index in [9.17, 15) is 4.79 Å². The summed E-state index contributed by atoms with van der Waals surface area (Å²) in [5, 5.41) is 0.660. The molecular weight excluding hydrogens is 318 g/mol. The van der Waals surface area contributed by atoms with Crippen molar-refractivity contribution in [2.75, 3.05) is 20.7 Å².